The van der Waals surface area contributed by atoms with E-state index in [0.717, 1.165) is 43.1 Å². The molecule has 0 amide bonds. The molecule has 0 bridgehead atoms. The van der Waals surface area contributed by atoms with Gasteiger partial charge in [-0.3, -0.25) is 0 Å². The molecule has 0 aromatic heterocycles. The molecular formula is C16H23NO3. The van der Waals surface area contributed by atoms with Crippen molar-refractivity contribution < 1.29 is 14.2 Å². The first-order valence-corrected chi connectivity index (χ1v) is 7.06. The standard InChI is InChI=1S/C16H23NO3/c1-4-17-16(12-6-5-9-20-11-12)14-8-7-13(18-2)10-15(14)19-3/h7-8,10-11,16-17H,4-6,9H2,1-3H3. The second-order valence-electron chi connectivity index (χ2n) is 4.77. The molecule has 0 fully saturated rings. The number of rotatable bonds is 6. The van der Waals surface area contributed by atoms with Gasteiger partial charge in [-0.25, -0.2) is 0 Å². The van der Waals surface area contributed by atoms with Crippen LogP contribution < -0.4 is 14.8 Å². The van der Waals surface area contributed by atoms with Crippen LogP contribution in [0.1, 0.15) is 31.4 Å². The van der Waals surface area contributed by atoms with Crippen LogP contribution in [0.3, 0.4) is 0 Å². The topological polar surface area (TPSA) is 39.7 Å². The van der Waals surface area contributed by atoms with Gasteiger partial charge in [0.2, 0.25) is 0 Å². The normalized spacial score (nSPS) is 16.1. The summed E-state index contributed by atoms with van der Waals surface area (Å²) in [5, 5.41) is 3.51. The predicted octanol–water partition coefficient (Wildman–Crippen LogP) is 3.05. The van der Waals surface area contributed by atoms with Gasteiger partial charge in [0.05, 0.1) is 33.1 Å². The molecule has 2 rings (SSSR count). The monoisotopic (exact) mass is 277 g/mol. The summed E-state index contributed by atoms with van der Waals surface area (Å²) in [5.74, 6) is 1.64. The predicted molar refractivity (Wildman–Crippen MR) is 79.2 cm³/mol. The summed E-state index contributed by atoms with van der Waals surface area (Å²) in [6.45, 7) is 3.80. The molecule has 1 atom stereocenters. The molecule has 1 aliphatic rings. The third-order valence-electron chi connectivity index (χ3n) is 3.49. The smallest absolute Gasteiger partial charge is 0.127 e. The van der Waals surface area contributed by atoms with Gasteiger partial charge < -0.3 is 19.5 Å². The molecule has 4 heteroatoms. The Morgan fingerprint density at radius 1 is 1.30 bits per heavy atom. The van der Waals surface area contributed by atoms with Gasteiger partial charge in [-0.15, -0.1) is 0 Å². The van der Waals surface area contributed by atoms with Gasteiger partial charge >= 0.3 is 0 Å². The molecule has 0 aliphatic carbocycles. The van der Waals surface area contributed by atoms with Crippen LogP contribution in [0.2, 0.25) is 0 Å². The maximum absolute atomic E-state index is 5.52. The van der Waals surface area contributed by atoms with Crippen molar-refractivity contribution in [2.45, 2.75) is 25.8 Å². The Morgan fingerprint density at radius 2 is 2.15 bits per heavy atom. The van der Waals surface area contributed by atoms with E-state index in [2.05, 4.69) is 18.3 Å². The van der Waals surface area contributed by atoms with Gasteiger partial charge in [0, 0.05) is 11.6 Å². The molecule has 0 radical (unpaired) electrons. The zero-order valence-electron chi connectivity index (χ0n) is 12.4. The Morgan fingerprint density at radius 3 is 2.75 bits per heavy atom. The van der Waals surface area contributed by atoms with Crippen molar-refractivity contribution in [3.63, 3.8) is 0 Å². The summed E-state index contributed by atoms with van der Waals surface area (Å²) < 4.78 is 16.3. The minimum absolute atomic E-state index is 0.126. The van der Waals surface area contributed by atoms with E-state index in [1.165, 1.54) is 5.57 Å². The van der Waals surface area contributed by atoms with Gasteiger partial charge in [-0.1, -0.05) is 6.92 Å². The van der Waals surface area contributed by atoms with E-state index in [1.54, 1.807) is 14.2 Å². The van der Waals surface area contributed by atoms with E-state index >= 15 is 0 Å². The SMILES string of the molecule is CCNC(C1=COCCC1)c1ccc(OC)cc1OC. The van der Waals surface area contributed by atoms with Crippen LogP contribution in [0.4, 0.5) is 0 Å². The molecule has 0 spiro atoms. The molecule has 20 heavy (non-hydrogen) atoms. The lowest BCUT2D eigenvalue weighted by molar-refractivity contribution is 0.219. The Hall–Kier alpha value is -1.68. The molecule has 1 unspecified atom stereocenters. The number of hydrogen-bond donors (Lipinski definition) is 1. The average Bonchev–Trinajstić information content (AvgIpc) is 2.53. The highest BCUT2D eigenvalue weighted by atomic mass is 16.5. The van der Waals surface area contributed by atoms with Crippen LogP contribution in [-0.2, 0) is 4.74 Å². The van der Waals surface area contributed by atoms with Crippen molar-refractivity contribution in [2.75, 3.05) is 27.4 Å². The van der Waals surface area contributed by atoms with Crippen molar-refractivity contribution in [3.8, 4) is 11.5 Å². The molecule has 0 saturated heterocycles. The molecule has 4 nitrogen and oxygen atoms in total. The van der Waals surface area contributed by atoms with Gasteiger partial charge in [0.25, 0.3) is 0 Å². The summed E-state index contributed by atoms with van der Waals surface area (Å²) in [6, 6.07) is 6.07. The lowest BCUT2D eigenvalue weighted by Crippen LogP contribution is -2.24. The second-order valence-corrected chi connectivity index (χ2v) is 4.77. The fourth-order valence-corrected chi connectivity index (χ4v) is 2.50. The zero-order valence-corrected chi connectivity index (χ0v) is 12.4. The molecule has 1 N–H and O–H groups in total. The highest BCUT2D eigenvalue weighted by Gasteiger charge is 2.21. The van der Waals surface area contributed by atoms with E-state index in [0.29, 0.717) is 0 Å². The van der Waals surface area contributed by atoms with Gasteiger partial charge in [-0.2, -0.15) is 0 Å². The van der Waals surface area contributed by atoms with Gasteiger partial charge in [0.15, 0.2) is 0 Å². The number of ether oxygens (including phenoxy) is 3. The summed E-state index contributed by atoms with van der Waals surface area (Å²) in [7, 11) is 3.35. The highest BCUT2D eigenvalue weighted by molar-refractivity contribution is 5.45. The first-order valence-electron chi connectivity index (χ1n) is 7.06. The highest BCUT2D eigenvalue weighted by Crippen LogP contribution is 2.35. The molecule has 110 valence electrons. The van der Waals surface area contributed by atoms with Crippen LogP contribution in [0.25, 0.3) is 0 Å². The van der Waals surface area contributed by atoms with E-state index in [1.807, 2.05) is 18.4 Å². The van der Waals surface area contributed by atoms with E-state index in [9.17, 15) is 0 Å². The molecule has 0 saturated carbocycles. The second kappa shape index (κ2) is 7.20. The molecular weight excluding hydrogens is 254 g/mol. The van der Waals surface area contributed by atoms with Crippen LogP contribution in [0.15, 0.2) is 30.0 Å². The molecule has 1 heterocycles. The van der Waals surface area contributed by atoms with E-state index in [-0.39, 0.29) is 6.04 Å². The Bertz CT molecular complexity index is 471. The van der Waals surface area contributed by atoms with Crippen LogP contribution in [0, 0.1) is 0 Å². The average molecular weight is 277 g/mol. The van der Waals surface area contributed by atoms with Gasteiger partial charge in [0.1, 0.15) is 11.5 Å². The molecule has 1 aliphatic heterocycles. The first-order chi connectivity index (χ1) is 9.80. The number of likely N-dealkylation sites (N-methyl/N-ethyl adjacent to an activating group) is 1. The van der Waals surface area contributed by atoms with Crippen LogP contribution in [-0.4, -0.2) is 27.4 Å². The third-order valence-corrected chi connectivity index (χ3v) is 3.49. The third kappa shape index (κ3) is 3.25. The van der Waals surface area contributed by atoms with Crippen molar-refractivity contribution in [3.05, 3.63) is 35.6 Å². The Kier molecular flexibility index (Phi) is 5.30. The zero-order chi connectivity index (χ0) is 14.4. The van der Waals surface area contributed by atoms with Crippen LogP contribution >= 0.6 is 0 Å². The Labute approximate surface area is 120 Å². The van der Waals surface area contributed by atoms with Crippen molar-refractivity contribution in [1.82, 2.24) is 5.32 Å². The van der Waals surface area contributed by atoms with E-state index < -0.39 is 0 Å². The van der Waals surface area contributed by atoms with Crippen molar-refractivity contribution >= 4 is 0 Å². The number of benzene rings is 1. The molecule has 1 aromatic carbocycles. The molecule has 1 aromatic rings. The maximum atomic E-state index is 5.52. The summed E-state index contributed by atoms with van der Waals surface area (Å²) in [6.07, 6.45) is 4.00. The fraction of sp³-hybridized carbons (Fsp3) is 0.500. The fourth-order valence-electron chi connectivity index (χ4n) is 2.50. The minimum atomic E-state index is 0.126. The van der Waals surface area contributed by atoms with Crippen molar-refractivity contribution in [1.29, 1.82) is 0 Å². The quantitative estimate of drug-likeness (QED) is 0.867. The van der Waals surface area contributed by atoms with Crippen LogP contribution in [0.5, 0.6) is 11.5 Å². The summed E-state index contributed by atoms with van der Waals surface area (Å²) >= 11 is 0. The largest absolute Gasteiger partial charge is 0.501 e. The Balaban J connectivity index is 2.35. The summed E-state index contributed by atoms with van der Waals surface area (Å²) in [5.41, 5.74) is 2.38. The lowest BCUT2D eigenvalue weighted by atomic mass is 9.94. The minimum Gasteiger partial charge on any atom is -0.501 e. The lowest BCUT2D eigenvalue weighted by Gasteiger charge is -2.26. The number of hydrogen-bond acceptors (Lipinski definition) is 4. The maximum Gasteiger partial charge on any atom is 0.127 e. The number of nitrogens with one attached hydrogen (secondary N) is 1. The number of methoxy groups -OCH3 is 2. The van der Waals surface area contributed by atoms with Crippen molar-refractivity contribution in [2.24, 2.45) is 0 Å². The van der Waals surface area contributed by atoms with Gasteiger partial charge in [-0.05, 0) is 37.1 Å². The summed E-state index contributed by atoms with van der Waals surface area (Å²) in [4.78, 5) is 0. The first kappa shape index (κ1) is 14.7. The van der Waals surface area contributed by atoms with E-state index in [4.69, 9.17) is 14.2 Å².